The number of aliphatic imine (C=N–C) groups is 1. The summed E-state index contributed by atoms with van der Waals surface area (Å²) in [4.78, 5) is 22.8. The van der Waals surface area contributed by atoms with Crippen LogP contribution in [0, 0.1) is 6.92 Å². The van der Waals surface area contributed by atoms with Gasteiger partial charge in [0.1, 0.15) is 5.82 Å². The molecule has 1 aliphatic heterocycles. The minimum Gasteiger partial charge on any atom is -0.383 e. The zero-order valence-electron chi connectivity index (χ0n) is 15.9. The summed E-state index contributed by atoms with van der Waals surface area (Å²) >= 11 is 0. The number of methoxy groups -OCH3 is 1. The van der Waals surface area contributed by atoms with E-state index in [2.05, 4.69) is 36.9 Å². The SMILES string of the molecule is CN=C(NCC(=O)NCCOC)NC1CCN(c2cccc(C)n2)CC1. The van der Waals surface area contributed by atoms with Crippen molar-refractivity contribution in [1.82, 2.24) is 20.9 Å². The number of hydrogen-bond donors (Lipinski definition) is 3. The Kier molecular flexibility index (Phi) is 8.14. The van der Waals surface area contributed by atoms with Crippen LogP contribution in [0.2, 0.25) is 0 Å². The maximum absolute atomic E-state index is 11.7. The molecule has 1 amide bonds. The van der Waals surface area contributed by atoms with Gasteiger partial charge in [0, 0.05) is 45.5 Å². The first kappa shape index (κ1) is 20.0. The van der Waals surface area contributed by atoms with E-state index in [-0.39, 0.29) is 12.5 Å². The maximum Gasteiger partial charge on any atom is 0.239 e. The third-order valence-electron chi connectivity index (χ3n) is 4.30. The van der Waals surface area contributed by atoms with Gasteiger partial charge in [0.2, 0.25) is 5.91 Å². The van der Waals surface area contributed by atoms with E-state index in [4.69, 9.17) is 4.74 Å². The van der Waals surface area contributed by atoms with Gasteiger partial charge >= 0.3 is 0 Å². The molecule has 3 N–H and O–H groups in total. The van der Waals surface area contributed by atoms with E-state index >= 15 is 0 Å². The molecule has 0 atom stereocenters. The summed E-state index contributed by atoms with van der Waals surface area (Å²) in [5.41, 5.74) is 1.04. The van der Waals surface area contributed by atoms with Gasteiger partial charge in [-0.05, 0) is 31.9 Å². The standard InChI is InChI=1S/C18H30N6O2/c1-14-5-4-6-16(22-14)24-10-7-15(8-11-24)23-18(19-2)21-13-17(25)20-9-12-26-3/h4-6,15H,7-13H2,1-3H3,(H,20,25)(H2,19,21,23). The van der Waals surface area contributed by atoms with Crippen LogP contribution in [0.15, 0.2) is 23.2 Å². The molecule has 2 heterocycles. The Morgan fingerprint density at radius 2 is 2.12 bits per heavy atom. The molecule has 0 unspecified atom stereocenters. The van der Waals surface area contributed by atoms with Crippen LogP contribution in [0.5, 0.6) is 0 Å². The monoisotopic (exact) mass is 362 g/mol. The Morgan fingerprint density at radius 3 is 2.77 bits per heavy atom. The van der Waals surface area contributed by atoms with Crippen LogP contribution in [0.1, 0.15) is 18.5 Å². The molecule has 0 radical (unpaired) electrons. The van der Waals surface area contributed by atoms with Crippen LogP contribution in [0.25, 0.3) is 0 Å². The zero-order chi connectivity index (χ0) is 18.8. The topological polar surface area (TPSA) is 90.9 Å². The molecule has 2 rings (SSSR count). The lowest BCUT2D eigenvalue weighted by molar-refractivity contribution is -0.120. The van der Waals surface area contributed by atoms with Gasteiger partial charge in [0.15, 0.2) is 5.96 Å². The first-order valence-corrected chi connectivity index (χ1v) is 9.03. The molecule has 1 saturated heterocycles. The first-order chi connectivity index (χ1) is 12.6. The molecule has 1 fully saturated rings. The van der Waals surface area contributed by atoms with Crippen LogP contribution in [0.4, 0.5) is 5.82 Å². The average molecular weight is 362 g/mol. The van der Waals surface area contributed by atoms with Crippen molar-refractivity contribution in [2.75, 3.05) is 51.8 Å². The Morgan fingerprint density at radius 1 is 1.35 bits per heavy atom. The second-order valence-electron chi connectivity index (χ2n) is 6.31. The Labute approximate surface area is 155 Å². The quantitative estimate of drug-likeness (QED) is 0.367. The van der Waals surface area contributed by atoms with Gasteiger partial charge in [-0.3, -0.25) is 9.79 Å². The largest absolute Gasteiger partial charge is 0.383 e. The van der Waals surface area contributed by atoms with Crippen molar-refractivity contribution in [3.63, 3.8) is 0 Å². The highest BCUT2D eigenvalue weighted by molar-refractivity contribution is 5.86. The number of aromatic nitrogens is 1. The number of amides is 1. The van der Waals surface area contributed by atoms with E-state index in [1.54, 1.807) is 14.2 Å². The third kappa shape index (κ3) is 6.51. The highest BCUT2D eigenvalue weighted by Crippen LogP contribution is 2.18. The summed E-state index contributed by atoms with van der Waals surface area (Å²) in [5.74, 6) is 1.61. The normalized spacial score (nSPS) is 15.7. The van der Waals surface area contributed by atoms with Gasteiger partial charge < -0.3 is 25.6 Å². The van der Waals surface area contributed by atoms with E-state index in [0.717, 1.165) is 37.4 Å². The summed E-state index contributed by atoms with van der Waals surface area (Å²) in [6.07, 6.45) is 1.99. The van der Waals surface area contributed by atoms with Crippen molar-refractivity contribution in [3.05, 3.63) is 23.9 Å². The lowest BCUT2D eigenvalue weighted by Gasteiger charge is -2.33. The number of carbonyl (C=O) groups excluding carboxylic acids is 1. The van der Waals surface area contributed by atoms with E-state index in [0.29, 0.717) is 25.2 Å². The minimum atomic E-state index is -0.0784. The molecule has 1 aromatic heterocycles. The van der Waals surface area contributed by atoms with Crippen molar-refractivity contribution in [2.24, 2.45) is 4.99 Å². The minimum absolute atomic E-state index is 0.0784. The average Bonchev–Trinajstić information content (AvgIpc) is 2.66. The van der Waals surface area contributed by atoms with Crippen molar-refractivity contribution < 1.29 is 9.53 Å². The summed E-state index contributed by atoms with van der Waals surface area (Å²) < 4.78 is 4.91. The molecule has 144 valence electrons. The van der Waals surface area contributed by atoms with Crippen molar-refractivity contribution in [1.29, 1.82) is 0 Å². The number of hydrogen-bond acceptors (Lipinski definition) is 5. The number of ether oxygens (including phenoxy) is 1. The van der Waals surface area contributed by atoms with Crippen LogP contribution in [0.3, 0.4) is 0 Å². The van der Waals surface area contributed by atoms with Gasteiger partial charge in [0.25, 0.3) is 0 Å². The number of nitrogens with one attached hydrogen (secondary N) is 3. The van der Waals surface area contributed by atoms with E-state index < -0.39 is 0 Å². The van der Waals surface area contributed by atoms with Gasteiger partial charge in [-0.15, -0.1) is 0 Å². The van der Waals surface area contributed by atoms with Crippen LogP contribution in [-0.4, -0.2) is 69.8 Å². The molecule has 8 heteroatoms. The molecule has 1 aliphatic rings. The molecular formula is C18H30N6O2. The molecule has 0 bridgehead atoms. The van der Waals surface area contributed by atoms with E-state index in [9.17, 15) is 4.79 Å². The summed E-state index contributed by atoms with van der Waals surface area (Å²) in [6, 6.07) is 6.45. The Balaban J connectivity index is 1.72. The zero-order valence-corrected chi connectivity index (χ0v) is 15.9. The number of nitrogens with zero attached hydrogens (tertiary/aromatic N) is 3. The Hall–Kier alpha value is -2.35. The lowest BCUT2D eigenvalue weighted by Crippen LogP contribution is -2.50. The third-order valence-corrected chi connectivity index (χ3v) is 4.30. The molecule has 0 spiro atoms. The number of piperidine rings is 1. The maximum atomic E-state index is 11.7. The summed E-state index contributed by atoms with van der Waals surface area (Å²) in [5, 5.41) is 9.22. The second kappa shape index (κ2) is 10.6. The highest BCUT2D eigenvalue weighted by atomic mass is 16.5. The molecule has 0 aromatic carbocycles. The number of guanidine groups is 1. The predicted octanol–water partition coefficient (Wildman–Crippen LogP) is 0.286. The van der Waals surface area contributed by atoms with Gasteiger partial charge in [-0.1, -0.05) is 6.07 Å². The Bertz CT molecular complexity index is 599. The number of anilines is 1. The van der Waals surface area contributed by atoms with Crippen LogP contribution < -0.4 is 20.9 Å². The first-order valence-electron chi connectivity index (χ1n) is 9.03. The van der Waals surface area contributed by atoms with Crippen LogP contribution >= 0.6 is 0 Å². The highest BCUT2D eigenvalue weighted by Gasteiger charge is 2.21. The molecular weight excluding hydrogens is 332 g/mol. The lowest BCUT2D eigenvalue weighted by atomic mass is 10.1. The fourth-order valence-corrected chi connectivity index (χ4v) is 2.86. The van der Waals surface area contributed by atoms with Crippen molar-refractivity contribution in [3.8, 4) is 0 Å². The molecule has 1 aromatic rings. The molecule has 26 heavy (non-hydrogen) atoms. The number of rotatable bonds is 7. The number of aryl methyl sites for hydroxylation is 1. The summed E-state index contributed by atoms with van der Waals surface area (Å²) in [6.45, 7) is 5.11. The van der Waals surface area contributed by atoms with Crippen molar-refractivity contribution >= 4 is 17.7 Å². The second-order valence-corrected chi connectivity index (χ2v) is 6.31. The fraction of sp³-hybridized carbons (Fsp3) is 0.611. The van der Waals surface area contributed by atoms with Gasteiger partial charge in [-0.2, -0.15) is 0 Å². The predicted molar refractivity (Wildman–Crippen MR) is 104 cm³/mol. The smallest absolute Gasteiger partial charge is 0.239 e. The van der Waals surface area contributed by atoms with E-state index in [1.165, 1.54) is 0 Å². The fourth-order valence-electron chi connectivity index (χ4n) is 2.86. The molecule has 0 saturated carbocycles. The number of carbonyl (C=O) groups is 1. The van der Waals surface area contributed by atoms with Gasteiger partial charge in [-0.25, -0.2) is 4.98 Å². The van der Waals surface area contributed by atoms with Crippen molar-refractivity contribution in [2.45, 2.75) is 25.8 Å². The summed E-state index contributed by atoms with van der Waals surface area (Å²) in [7, 11) is 3.32. The van der Waals surface area contributed by atoms with E-state index in [1.807, 2.05) is 19.1 Å². The number of pyridine rings is 1. The molecule has 0 aliphatic carbocycles. The van der Waals surface area contributed by atoms with Crippen LogP contribution in [-0.2, 0) is 9.53 Å². The van der Waals surface area contributed by atoms with Gasteiger partial charge in [0.05, 0.1) is 13.2 Å². The molecule has 8 nitrogen and oxygen atoms in total.